The van der Waals surface area contributed by atoms with E-state index in [-0.39, 0.29) is 22.2 Å². The fraction of sp³-hybridized carbons (Fsp3) is 0. The first-order chi connectivity index (χ1) is 11.6. The minimum absolute atomic E-state index is 0.0798. The van der Waals surface area contributed by atoms with E-state index in [1.165, 1.54) is 30.5 Å². The first-order valence-electron chi connectivity index (χ1n) is 7.05. The summed E-state index contributed by atoms with van der Waals surface area (Å²) in [6, 6.07) is 14.1. The minimum atomic E-state index is -0.473. The smallest absolute Gasteiger partial charge is 0.271 e. The van der Waals surface area contributed by atoms with Crippen LogP contribution in [0.3, 0.4) is 0 Å². The Hall–Kier alpha value is -2.92. The average Bonchev–Trinajstić information content (AvgIpc) is 2.59. The Morgan fingerprint density at radius 1 is 1.12 bits per heavy atom. The number of rotatable bonds is 3. The van der Waals surface area contributed by atoms with Crippen LogP contribution in [0, 0.1) is 5.82 Å². The van der Waals surface area contributed by atoms with Gasteiger partial charge in [-0.2, -0.15) is 5.10 Å². The molecular weight excluding hydrogens is 331 g/mol. The number of hydrogen-bond donors (Lipinski definition) is 2. The van der Waals surface area contributed by atoms with Crippen LogP contribution in [0.5, 0.6) is 5.75 Å². The van der Waals surface area contributed by atoms with Gasteiger partial charge in [0, 0.05) is 16.5 Å². The summed E-state index contributed by atoms with van der Waals surface area (Å²) in [7, 11) is 0. The predicted molar refractivity (Wildman–Crippen MR) is 92.1 cm³/mol. The number of carbonyl (C=O) groups is 1. The van der Waals surface area contributed by atoms with Gasteiger partial charge in [0.15, 0.2) is 0 Å². The number of nitrogens with one attached hydrogen (secondary N) is 1. The van der Waals surface area contributed by atoms with Crippen molar-refractivity contribution >= 4 is 34.5 Å². The molecule has 0 bridgehead atoms. The zero-order valence-corrected chi connectivity index (χ0v) is 13.1. The summed E-state index contributed by atoms with van der Waals surface area (Å²) in [6.07, 6.45) is 1.45. The lowest BCUT2D eigenvalue weighted by Crippen LogP contribution is -2.17. The van der Waals surface area contributed by atoms with Crippen molar-refractivity contribution in [3.8, 4) is 5.75 Å². The Bertz CT molecular complexity index is 957. The molecule has 0 spiro atoms. The van der Waals surface area contributed by atoms with E-state index in [0.29, 0.717) is 16.3 Å². The molecule has 3 aromatic rings. The number of phenols is 1. The topological polar surface area (TPSA) is 61.7 Å². The van der Waals surface area contributed by atoms with Gasteiger partial charge in [-0.05, 0) is 35.7 Å². The third kappa shape index (κ3) is 3.21. The van der Waals surface area contributed by atoms with Gasteiger partial charge >= 0.3 is 0 Å². The van der Waals surface area contributed by atoms with E-state index >= 15 is 0 Å². The maximum Gasteiger partial charge on any atom is 0.271 e. The quantitative estimate of drug-likeness (QED) is 0.556. The van der Waals surface area contributed by atoms with Crippen molar-refractivity contribution in [1.82, 2.24) is 5.43 Å². The van der Waals surface area contributed by atoms with Crippen molar-refractivity contribution in [3.05, 3.63) is 76.6 Å². The Balaban J connectivity index is 1.80. The number of carbonyl (C=O) groups excluding carboxylic acids is 1. The van der Waals surface area contributed by atoms with Crippen LogP contribution in [0.1, 0.15) is 15.9 Å². The fourth-order valence-corrected chi connectivity index (χ4v) is 2.45. The molecule has 3 rings (SSSR count). The predicted octanol–water partition coefficient (Wildman–Crippen LogP) is 4.10. The Morgan fingerprint density at radius 2 is 1.88 bits per heavy atom. The van der Waals surface area contributed by atoms with Crippen molar-refractivity contribution in [1.29, 1.82) is 0 Å². The highest BCUT2D eigenvalue weighted by Gasteiger charge is 2.08. The highest BCUT2D eigenvalue weighted by atomic mass is 35.5. The molecular formula is C18H12ClFN2O2. The van der Waals surface area contributed by atoms with Crippen LogP contribution in [0.2, 0.25) is 5.02 Å². The zero-order valence-electron chi connectivity index (χ0n) is 12.3. The minimum Gasteiger partial charge on any atom is -0.506 e. The number of fused-ring (bicyclic) bond motifs is 1. The number of aromatic hydroxyl groups is 1. The summed E-state index contributed by atoms with van der Waals surface area (Å²) in [5.41, 5.74) is 3.31. The van der Waals surface area contributed by atoms with E-state index in [4.69, 9.17) is 11.6 Å². The largest absolute Gasteiger partial charge is 0.506 e. The SMILES string of the molecule is O=C(NN=Cc1ccc(F)c2ccccc12)c1ccc(O)c(Cl)c1. The molecule has 1 amide bonds. The van der Waals surface area contributed by atoms with Gasteiger partial charge in [0.1, 0.15) is 11.6 Å². The molecule has 3 aromatic carbocycles. The third-order valence-corrected chi connectivity index (χ3v) is 3.79. The van der Waals surface area contributed by atoms with Gasteiger partial charge in [-0.3, -0.25) is 4.79 Å². The van der Waals surface area contributed by atoms with Crippen LogP contribution < -0.4 is 5.43 Å². The molecule has 0 aliphatic heterocycles. The first kappa shape index (κ1) is 16.0. The summed E-state index contributed by atoms with van der Waals surface area (Å²) in [5.74, 6) is -0.889. The second-order valence-electron chi connectivity index (χ2n) is 5.05. The number of nitrogens with zero attached hydrogens (tertiary/aromatic N) is 1. The van der Waals surface area contributed by atoms with Crippen molar-refractivity contribution < 1.29 is 14.3 Å². The number of hydrogen-bond acceptors (Lipinski definition) is 3. The van der Waals surface area contributed by atoms with Gasteiger partial charge in [-0.25, -0.2) is 9.82 Å². The first-order valence-corrected chi connectivity index (χ1v) is 7.43. The second-order valence-corrected chi connectivity index (χ2v) is 5.45. The van der Waals surface area contributed by atoms with Crippen molar-refractivity contribution in [2.45, 2.75) is 0 Å². The normalized spacial score (nSPS) is 11.1. The van der Waals surface area contributed by atoms with Gasteiger partial charge in [-0.1, -0.05) is 35.9 Å². The summed E-state index contributed by atoms with van der Waals surface area (Å²) in [6.45, 7) is 0. The monoisotopic (exact) mass is 342 g/mol. The summed E-state index contributed by atoms with van der Waals surface area (Å²) >= 11 is 5.76. The number of phenolic OH excluding ortho intramolecular Hbond substituents is 1. The number of halogens is 2. The molecule has 0 aromatic heterocycles. The molecule has 0 saturated carbocycles. The zero-order chi connectivity index (χ0) is 17.1. The highest BCUT2D eigenvalue weighted by Crippen LogP contribution is 2.23. The lowest BCUT2D eigenvalue weighted by atomic mass is 10.1. The van der Waals surface area contributed by atoms with Gasteiger partial charge in [0.2, 0.25) is 0 Å². The molecule has 0 atom stereocenters. The molecule has 0 saturated heterocycles. The van der Waals surface area contributed by atoms with Crippen molar-refractivity contribution in [2.24, 2.45) is 5.10 Å². The molecule has 120 valence electrons. The van der Waals surface area contributed by atoms with E-state index < -0.39 is 5.91 Å². The second kappa shape index (κ2) is 6.68. The van der Waals surface area contributed by atoms with E-state index in [2.05, 4.69) is 10.5 Å². The molecule has 0 aliphatic carbocycles. The summed E-state index contributed by atoms with van der Waals surface area (Å²) < 4.78 is 13.8. The number of amides is 1. The molecule has 2 N–H and O–H groups in total. The van der Waals surface area contributed by atoms with Crippen molar-refractivity contribution in [2.75, 3.05) is 0 Å². The van der Waals surface area contributed by atoms with Crippen LogP contribution in [-0.4, -0.2) is 17.2 Å². The lowest BCUT2D eigenvalue weighted by Gasteiger charge is -2.04. The lowest BCUT2D eigenvalue weighted by molar-refractivity contribution is 0.0955. The molecule has 4 nitrogen and oxygen atoms in total. The molecule has 0 unspecified atom stereocenters. The molecule has 0 fully saturated rings. The van der Waals surface area contributed by atoms with Crippen LogP contribution in [0.25, 0.3) is 10.8 Å². The van der Waals surface area contributed by atoms with E-state index in [0.717, 1.165) is 0 Å². The van der Waals surface area contributed by atoms with Crippen LogP contribution in [0.4, 0.5) is 4.39 Å². The van der Waals surface area contributed by atoms with Gasteiger partial charge in [-0.15, -0.1) is 0 Å². The standard InChI is InChI=1S/C18H12ClFN2O2/c19-15-9-11(6-8-17(15)23)18(24)22-21-10-12-5-7-16(20)14-4-2-1-3-13(12)14/h1-10,23H,(H,22,24). The molecule has 0 radical (unpaired) electrons. The van der Waals surface area contributed by atoms with E-state index in [9.17, 15) is 14.3 Å². The van der Waals surface area contributed by atoms with E-state index in [1.807, 2.05) is 0 Å². The van der Waals surface area contributed by atoms with Crippen molar-refractivity contribution in [3.63, 3.8) is 0 Å². The Morgan fingerprint density at radius 3 is 2.62 bits per heavy atom. The molecule has 0 aliphatic rings. The molecule has 24 heavy (non-hydrogen) atoms. The summed E-state index contributed by atoms with van der Waals surface area (Å²) in [4.78, 5) is 12.0. The average molecular weight is 343 g/mol. The van der Waals surface area contributed by atoms with Crippen LogP contribution in [0.15, 0.2) is 59.7 Å². The third-order valence-electron chi connectivity index (χ3n) is 3.48. The van der Waals surface area contributed by atoms with Gasteiger partial charge < -0.3 is 5.11 Å². The molecule has 0 heterocycles. The highest BCUT2D eigenvalue weighted by molar-refractivity contribution is 6.32. The number of benzene rings is 3. The fourth-order valence-electron chi connectivity index (χ4n) is 2.27. The van der Waals surface area contributed by atoms with E-state index in [1.54, 1.807) is 30.3 Å². The van der Waals surface area contributed by atoms with Crippen LogP contribution in [-0.2, 0) is 0 Å². The Labute approximate surface area is 142 Å². The maximum absolute atomic E-state index is 13.8. The van der Waals surface area contributed by atoms with Gasteiger partial charge in [0.25, 0.3) is 5.91 Å². The number of hydrazone groups is 1. The molecule has 6 heteroatoms. The summed E-state index contributed by atoms with van der Waals surface area (Å²) in [5, 5.41) is 14.5. The maximum atomic E-state index is 13.8. The van der Waals surface area contributed by atoms with Gasteiger partial charge in [0.05, 0.1) is 11.2 Å². The Kier molecular flexibility index (Phi) is 4.44. The van der Waals surface area contributed by atoms with Crippen LogP contribution >= 0.6 is 11.6 Å².